The summed E-state index contributed by atoms with van der Waals surface area (Å²) in [6.07, 6.45) is 2.87. The third-order valence-electron chi connectivity index (χ3n) is 6.29. The first kappa shape index (κ1) is 20.3. The molecule has 0 saturated heterocycles. The van der Waals surface area contributed by atoms with Crippen LogP contribution in [-0.4, -0.2) is 18.3 Å². The first-order chi connectivity index (χ1) is 15.7. The summed E-state index contributed by atoms with van der Waals surface area (Å²) >= 11 is 0. The second kappa shape index (κ2) is 8.50. The molecule has 2 aliphatic rings. The van der Waals surface area contributed by atoms with E-state index in [0.29, 0.717) is 30.8 Å². The summed E-state index contributed by atoms with van der Waals surface area (Å²) in [5, 5.41) is 0. The summed E-state index contributed by atoms with van der Waals surface area (Å²) in [4.78, 5) is 28.6. The van der Waals surface area contributed by atoms with Crippen molar-refractivity contribution in [3.8, 4) is 5.75 Å². The van der Waals surface area contributed by atoms with Crippen molar-refractivity contribution in [3.63, 3.8) is 0 Å². The summed E-state index contributed by atoms with van der Waals surface area (Å²) in [5.41, 5.74) is 3.37. The van der Waals surface area contributed by atoms with Gasteiger partial charge in [-0.3, -0.25) is 14.5 Å². The van der Waals surface area contributed by atoms with Crippen LogP contribution in [0.3, 0.4) is 0 Å². The predicted molar refractivity (Wildman–Crippen MR) is 122 cm³/mol. The molecule has 0 fully saturated rings. The number of hydrogen-bond acceptors (Lipinski definition) is 4. The Morgan fingerprint density at radius 3 is 2.41 bits per heavy atom. The lowest BCUT2D eigenvalue weighted by molar-refractivity contribution is -0.120. The van der Waals surface area contributed by atoms with Crippen molar-refractivity contribution in [2.75, 3.05) is 11.5 Å². The lowest BCUT2D eigenvalue weighted by Crippen LogP contribution is -2.41. The molecule has 0 spiro atoms. The molecule has 1 aromatic heterocycles. The van der Waals surface area contributed by atoms with Crippen molar-refractivity contribution < 1.29 is 18.7 Å². The first-order valence-corrected chi connectivity index (χ1v) is 11.1. The van der Waals surface area contributed by atoms with Gasteiger partial charge in [-0.1, -0.05) is 30.3 Å². The highest BCUT2D eigenvalue weighted by molar-refractivity contribution is 6.07. The Balaban J connectivity index is 1.60. The van der Waals surface area contributed by atoms with Gasteiger partial charge >= 0.3 is 0 Å². The van der Waals surface area contributed by atoms with E-state index < -0.39 is 0 Å². The fourth-order valence-corrected chi connectivity index (χ4v) is 4.89. The van der Waals surface area contributed by atoms with Crippen LogP contribution >= 0.6 is 0 Å². The van der Waals surface area contributed by atoms with Crippen molar-refractivity contribution in [3.05, 3.63) is 95.6 Å². The van der Waals surface area contributed by atoms with Crippen LogP contribution in [0.15, 0.2) is 88.7 Å². The molecule has 2 heterocycles. The summed E-state index contributed by atoms with van der Waals surface area (Å²) in [5.74, 6) is 1.18. The Hall–Kier alpha value is -3.60. The predicted octanol–water partition coefficient (Wildman–Crippen LogP) is 5.60. The van der Waals surface area contributed by atoms with Crippen LogP contribution < -0.4 is 9.64 Å². The van der Waals surface area contributed by atoms with Crippen molar-refractivity contribution in [1.82, 2.24) is 0 Å². The number of carbonyl (C=O) groups is 2. The standard InChI is InChI=1S/C27H25NO4/c1-2-31-21-12-10-20(11-13-21)28-23-15-19(18-7-4-3-5-8-18)16-24(29)27(23)22(17-26(28)30)25-9-6-14-32-25/h3-14,19,22H,2,15-17H2,1H3. The van der Waals surface area contributed by atoms with Crippen molar-refractivity contribution in [1.29, 1.82) is 0 Å². The third kappa shape index (κ3) is 3.64. The molecule has 32 heavy (non-hydrogen) atoms. The molecule has 1 aliphatic carbocycles. The Morgan fingerprint density at radius 2 is 1.72 bits per heavy atom. The maximum absolute atomic E-state index is 13.5. The molecule has 5 rings (SSSR count). The quantitative estimate of drug-likeness (QED) is 0.532. The van der Waals surface area contributed by atoms with E-state index >= 15 is 0 Å². The average Bonchev–Trinajstić information content (AvgIpc) is 3.35. The molecule has 5 nitrogen and oxygen atoms in total. The molecule has 2 unspecified atom stereocenters. The number of furan rings is 1. The van der Waals surface area contributed by atoms with E-state index in [0.717, 1.165) is 22.7 Å². The van der Waals surface area contributed by atoms with Gasteiger partial charge in [-0.05, 0) is 61.2 Å². The van der Waals surface area contributed by atoms with Gasteiger partial charge in [0, 0.05) is 29.8 Å². The van der Waals surface area contributed by atoms with Gasteiger partial charge in [0.2, 0.25) is 5.91 Å². The zero-order valence-electron chi connectivity index (χ0n) is 18.0. The highest BCUT2D eigenvalue weighted by Crippen LogP contribution is 2.47. The number of benzene rings is 2. The third-order valence-corrected chi connectivity index (χ3v) is 6.29. The zero-order valence-corrected chi connectivity index (χ0v) is 18.0. The second-order valence-corrected chi connectivity index (χ2v) is 8.23. The maximum Gasteiger partial charge on any atom is 0.232 e. The smallest absolute Gasteiger partial charge is 0.232 e. The van der Waals surface area contributed by atoms with Crippen LogP contribution in [-0.2, 0) is 9.59 Å². The molecule has 1 amide bonds. The van der Waals surface area contributed by atoms with Crippen LogP contribution in [0.1, 0.15) is 49.3 Å². The van der Waals surface area contributed by atoms with Crippen LogP contribution in [0.2, 0.25) is 0 Å². The van der Waals surface area contributed by atoms with E-state index in [-0.39, 0.29) is 29.9 Å². The van der Waals surface area contributed by atoms with Crippen molar-refractivity contribution >= 4 is 17.4 Å². The minimum Gasteiger partial charge on any atom is -0.494 e. The first-order valence-electron chi connectivity index (χ1n) is 11.1. The lowest BCUT2D eigenvalue weighted by Gasteiger charge is -2.40. The molecular weight excluding hydrogens is 402 g/mol. The van der Waals surface area contributed by atoms with Gasteiger partial charge in [0.25, 0.3) is 0 Å². The van der Waals surface area contributed by atoms with E-state index in [4.69, 9.17) is 9.15 Å². The minimum atomic E-state index is -0.337. The molecular formula is C27H25NO4. The van der Waals surface area contributed by atoms with Crippen LogP contribution in [0.5, 0.6) is 5.75 Å². The number of allylic oxidation sites excluding steroid dienone is 2. The zero-order chi connectivity index (χ0) is 22.1. The topological polar surface area (TPSA) is 59.8 Å². The van der Waals surface area contributed by atoms with Crippen molar-refractivity contribution in [2.45, 2.75) is 38.0 Å². The molecule has 2 atom stereocenters. The van der Waals surface area contributed by atoms with Gasteiger partial charge in [-0.15, -0.1) is 0 Å². The molecule has 2 aromatic carbocycles. The van der Waals surface area contributed by atoms with Crippen LogP contribution in [0.4, 0.5) is 5.69 Å². The van der Waals surface area contributed by atoms with E-state index in [1.165, 1.54) is 0 Å². The number of ketones is 1. The van der Waals surface area contributed by atoms with E-state index in [1.54, 1.807) is 17.2 Å². The molecule has 3 aromatic rings. The molecule has 0 saturated carbocycles. The van der Waals surface area contributed by atoms with Gasteiger partial charge < -0.3 is 9.15 Å². The number of Topliss-reactive ketones (excluding diaryl/α,β-unsaturated/α-hetero) is 1. The molecule has 162 valence electrons. The highest BCUT2D eigenvalue weighted by Gasteiger charge is 2.43. The summed E-state index contributed by atoms with van der Waals surface area (Å²) in [6.45, 7) is 2.51. The summed E-state index contributed by atoms with van der Waals surface area (Å²) < 4.78 is 11.2. The van der Waals surface area contributed by atoms with E-state index in [2.05, 4.69) is 12.1 Å². The van der Waals surface area contributed by atoms with Gasteiger partial charge in [0.1, 0.15) is 11.5 Å². The van der Waals surface area contributed by atoms with Crippen LogP contribution in [0.25, 0.3) is 0 Å². The fraction of sp³-hybridized carbons (Fsp3) is 0.259. The number of amides is 1. The fourth-order valence-electron chi connectivity index (χ4n) is 4.89. The van der Waals surface area contributed by atoms with Crippen LogP contribution in [0, 0.1) is 0 Å². The second-order valence-electron chi connectivity index (χ2n) is 8.23. The summed E-state index contributed by atoms with van der Waals surface area (Å²) in [7, 11) is 0. The Labute approximate surface area is 187 Å². The minimum absolute atomic E-state index is 0.0316. The highest BCUT2D eigenvalue weighted by atomic mass is 16.5. The number of anilines is 1. The molecule has 0 N–H and O–H groups in total. The SMILES string of the molecule is CCOc1ccc(N2C(=O)CC(c3ccco3)C3=C2CC(c2ccccc2)CC3=O)cc1. The molecule has 0 bridgehead atoms. The largest absolute Gasteiger partial charge is 0.494 e. The number of carbonyl (C=O) groups excluding carboxylic acids is 2. The maximum atomic E-state index is 13.5. The Morgan fingerprint density at radius 1 is 0.938 bits per heavy atom. The molecule has 1 aliphatic heterocycles. The monoisotopic (exact) mass is 427 g/mol. The van der Waals surface area contributed by atoms with Gasteiger partial charge in [0.15, 0.2) is 5.78 Å². The Bertz CT molecular complexity index is 1150. The van der Waals surface area contributed by atoms with E-state index in [9.17, 15) is 9.59 Å². The number of rotatable bonds is 5. The Kier molecular flexibility index (Phi) is 5.39. The number of nitrogens with zero attached hydrogens (tertiary/aromatic N) is 1. The van der Waals surface area contributed by atoms with E-state index in [1.807, 2.05) is 55.5 Å². The lowest BCUT2D eigenvalue weighted by atomic mass is 9.74. The average molecular weight is 428 g/mol. The van der Waals surface area contributed by atoms with Gasteiger partial charge in [-0.2, -0.15) is 0 Å². The molecule has 5 heteroatoms. The van der Waals surface area contributed by atoms with Gasteiger partial charge in [0.05, 0.1) is 18.8 Å². The number of hydrogen-bond donors (Lipinski definition) is 0. The normalized spacial score (nSPS) is 21.0. The molecule has 0 radical (unpaired) electrons. The van der Waals surface area contributed by atoms with Gasteiger partial charge in [-0.25, -0.2) is 0 Å². The number of ether oxygens (including phenoxy) is 1. The summed E-state index contributed by atoms with van der Waals surface area (Å²) in [6, 6.07) is 21.2. The van der Waals surface area contributed by atoms with Crippen molar-refractivity contribution in [2.24, 2.45) is 0 Å².